The van der Waals surface area contributed by atoms with Gasteiger partial charge in [0.05, 0.1) is 30.4 Å². The number of sulfonamides is 1. The molecule has 0 aliphatic heterocycles. The molecule has 220 valence electrons. The zero-order valence-corrected chi connectivity index (χ0v) is 25.1. The Balaban J connectivity index is 1.60. The van der Waals surface area contributed by atoms with Crippen LogP contribution in [0.15, 0.2) is 59.1 Å². The molecule has 5 aromatic heterocycles. The van der Waals surface area contributed by atoms with Crippen LogP contribution in [0.4, 0.5) is 15.9 Å². The van der Waals surface area contributed by atoms with Crippen molar-refractivity contribution in [2.24, 2.45) is 0 Å². The van der Waals surface area contributed by atoms with Crippen LogP contribution in [-0.4, -0.2) is 50.9 Å². The second-order valence-corrected chi connectivity index (χ2v) is 12.6. The second kappa shape index (κ2) is 10.6. The van der Waals surface area contributed by atoms with Gasteiger partial charge < -0.3 is 10.5 Å². The second-order valence-electron chi connectivity index (χ2n) is 9.60. The van der Waals surface area contributed by atoms with E-state index in [9.17, 15) is 17.6 Å². The van der Waals surface area contributed by atoms with Crippen LogP contribution < -0.4 is 20.8 Å². The Morgan fingerprint density at radius 2 is 1.95 bits per heavy atom. The summed E-state index contributed by atoms with van der Waals surface area (Å²) >= 11 is 7.64. The molecule has 0 aliphatic carbocycles. The van der Waals surface area contributed by atoms with Gasteiger partial charge in [-0.25, -0.2) is 32.4 Å². The molecular formula is C27H22ClFN8O4S2. The molecule has 0 amide bonds. The number of nitrogens with two attached hydrogens (primary N) is 1. The van der Waals surface area contributed by atoms with Gasteiger partial charge in [0.15, 0.2) is 5.65 Å². The largest absolute Gasteiger partial charge is 0.480 e. The number of fused-ring (bicyclic) bond motifs is 2. The van der Waals surface area contributed by atoms with Crippen LogP contribution in [0.2, 0.25) is 5.15 Å². The van der Waals surface area contributed by atoms with Crippen LogP contribution >= 0.6 is 22.9 Å². The number of nitrogens with zero attached hydrogens (tertiary/aromatic N) is 6. The molecule has 1 atom stereocenters. The van der Waals surface area contributed by atoms with Crippen molar-refractivity contribution in [3.8, 4) is 28.3 Å². The van der Waals surface area contributed by atoms with E-state index in [1.54, 1.807) is 16.1 Å². The zero-order chi connectivity index (χ0) is 30.6. The third-order valence-corrected chi connectivity index (χ3v) is 8.64. The van der Waals surface area contributed by atoms with Gasteiger partial charge in [-0.1, -0.05) is 23.7 Å². The molecule has 0 radical (unpaired) electrons. The predicted molar refractivity (Wildman–Crippen MR) is 164 cm³/mol. The number of ether oxygens (including phenoxy) is 1. The Hall–Kier alpha value is -4.60. The van der Waals surface area contributed by atoms with Crippen LogP contribution in [0, 0.1) is 5.82 Å². The van der Waals surface area contributed by atoms with E-state index >= 15 is 0 Å². The third-order valence-electron chi connectivity index (χ3n) is 6.76. The lowest BCUT2D eigenvalue weighted by Gasteiger charge is -2.18. The number of anilines is 2. The maximum Gasteiger partial charge on any atom is 0.265 e. The van der Waals surface area contributed by atoms with Crippen molar-refractivity contribution < 1.29 is 17.5 Å². The van der Waals surface area contributed by atoms with E-state index in [2.05, 4.69) is 19.7 Å². The summed E-state index contributed by atoms with van der Waals surface area (Å²) in [5, 5.41) is 7.10. The molecule has 12 nitrogen and oxygen atoms in total. The summed E-state index contributed by atoms with van der Waals surface area (Å²) in [6.45, 7) is 1.82. The van der Waals surface area contributed by atoms with Crippen molar-refractivity contribution >= 4 is 60.3 Å². The van der Waals surface area contributed by atoms with Crippen molar-refractivity contribution in [1.29, 1.82) is 0 Å². The summed E-state index contributed by atoms with van der Waals surface area (Å²) in [5.41, 5.74) is 8.19. The Kier molecular flexibility index (Phi) is 7.02. The van der Waals surface area contributed by atoms with Gasteiger partial charge in [-0.2, -0.15) is 5.10 Å². The Bertz CT molecular complexity index is 2230. The lowest BCUT2D eigenvalue weighted by molar-refractivity contribution is 0.400. The van der Waals surface area contributed by atoms with E-state index in [1.807, 2.05) is 13.0 Å². The fourth-order valence-electron chi connectivity index (χ4n) is 4.94. The average molecular weight is 641 g/mol. The van der Waals surface area contributed by atoms with Crippen molar-refractivity contribution in [3.63, 3.8) is 0 Å². The smallest absolute Gasteiger partial charge is 0.265 e. The molecule has 3 N–H and O–H groups in total. The van der Waals surface area contributed by atoms with Gasteiger partial charge in [0.25, 0.3) is 5.56 Å². The molecule has 0 unspecified atom stereocenters. The highest BCUT2D eigenvalue weighted by molar-refractivity contribution is 7.92. The van der Waals surface area contributed by atoms with Gasteiger partial charge in [-0.05, 0) is 42.3 Å². The number of halogens is 2. The number of thiazole rings is 1. The van der Waals surface area contributed by atoms with Crippen molar-refractivity contribution in [2.45, 2.75) is 13.0 Å². The summed E-state index contributed by atoms with van der Waals surface area (Å²) in [7, 11) is -2.31. The van der Waals surface area contributed by atoms with Crippen molar-refractivity contribution in [3.05, 3.63) is 81.2 Å². The molecule has 43 heavy (non-hydrogen) atoms. The number of hydrogen-bond donors (Lipinski definition) is 2. The highest BCUT2D eigenvalue weighted by Crippen LogP contribution is 2.38. The molecule has 16 heteroatoms. The summed E-state index contributed by atoms with van der Waals surface area (Å²) in [6.07, 6.45) is 3.76. The first-order valence-corrected chi connectivity index (χ1v) is 15.7. The molecule has 1 aromatic carbocycles. The summed E-state index contributed by atoms with van der Waals surface area (Å²) in [4.78, 5) is 27.3. The van der Waals surface area contributed by atoms with E-state index in [1.165, 1.54) is 59.6 Å². The quantitative estimate of drug-likeness (QED) is 0.254. The molecule has 0 spiro atoms. The average Bonchev–Trinajstić information content (AvgIpc) is 3.53. The number of aromatic nitrogens is 6. The molecular weight excluding hydrogens is 619 g/mol. The minimum absolute atomic E-state index is 0.0543. The molecule has 5 heterocycles. The molecule has 0 aliphatic rings. The summed E-state index contributed by atoms with van der Waals surface area (Å²) < 4.78 is 49.0. The lowest BCUT2D eigenvalue weighted by atomic mass is 9.97. The maximum atomic E-state index is 14.4. The van der Waals surface area contributed by atoms with Gasteiger partial charge in [0, 0.05) is 17.1 Å². The first-order chi connectivity index (χ1) is 20.5. The number of methoxy groups -OCH3 is 1. The first kappa shape index (κ1) is 28.5. The number of rotatable bonds is 7. The molecule has 6 rings (SSSR count). The zero-order valence-electron chi connectivity index (χ0n) is 22.7. The predicted octanol–water partition coefficient (Wildman–Crippen LogP) is 4.59. The fraction of sp³-hybridized carbons (Fsp3) is 0.148. The summed E-state index contributed by atoms with van der Waals surface area (Å²) in [6, 6.07) is 8.44. The monoisotopic (exact) mass is 640 g/mol. The number of hydrogen-bond acceptors (Lipinski definition) is 10. The summed E-state index contributed by atoms with van der Waals surface area (Å²) in [5.74, 6) is -0.328. The van der Waals surface area contributed by atoms with Crippen LogP contribution in [-0.2, 0) is 10.0 Å². The van der Waals surface area contributed by atoms with Gasteiger partial charge in [0.2, 0.25) is 15.9 Å². The number of pyridine rings is 2. The maximum absolute atomic E-state index is 14.4. The molecule has 0 bridgehead atoms. The van der Waals surface area contributed by atoms with E-state index < -0.39 is 27.4 Å². The highest BCUT2D eigenvalue weighted by Gasteiger charge is 2.26. The van der Waals surface area contributed by atoms with Crippen LogP contribution in [0.3, 0.4) is 0 Å². The van der Waals surface area contributed by atoms with Gasteiger partial charge in [0.1, 0.15) is 39.3 Å². The molecule has 0 fully saturated rings. The normalized spacial score (nSPS) is 12.6. The highest BCUT2D eigenvalue weighted by atomic mass is 35.5. The Morgan fingerprint density at radius 1 is 1.16 bits per heavy atom. The van der Waals surface area contributed by atoms with Crippen LogP contribution in [0.5, 0.6) is 5.88 Å². The van der Waals surface area contributed by atoms with E-state index in [-0.39, 0.29) is 28.1 Å². The van der Waals surface area contributed by atoms with E-state index in [0.29, 0.717) is 38.2 Å². The SMILES string of the molecule is COc1ncc(-c2nn([C@@H](C)c3cc4scc(Cl)n4c(=O)c3-c3cccc(F)c3)c3ncnc(N)c23)cc1NS(C)(=O)=O. The van der Waals surface area contributed by atoms with E-state index in [4.69, 9.17) is 27.2 Å². The van der Waals surface area contributed by atoms with Gasteiger partial charge >= 0.3 is 0 Å². The molecule has 0 saturated heterocycles. The number of nitrogen functional groups attached to an aromatic ring is 1. The number of benzene rings is 1. The van der Waals surface area contributed by atoms with Gasteiger partial charge in [-0.3, -0.25) is 13.9 Å². The third kappa shape index (κ3) is 5.04. The van der Waals surface area contributed by atoms with Crippen LogP contribution in [0.1, 0.15) is 18.5 Å². The topological polar surface area (TPSA) is 159 Å². The lowest BCUT2D eigenvalue weighted by Crippen LogP contribution is -2.20. The molecule has 6 aromatic rings. The van der Waals surface area contributed by atoms with Crippen LogP contribution in [0.25, 0.3) is 38.2 Å². The standard InChI is InChI=1S/C27H22ClFN8O4S2/c1-13(17-9-20-36(19(28)11-42-20)27(38)21(17)14-5-4-6-16(29)7-14)37-25-22(24(30)32-12-33-25)23(34-37)15-8-18(35-43(3,39)40)26(41-2)31-10-15/h4-13,35H,1-3H3,(H2,30,32,33)/t13-/m0/s1. The minimum Gasteiger partial charge on any atom is -0.480 e. The van der Waals surface area contributed by atoms with Crippen molar-refractivity contribution in [2.75, 3.05) is 23.8 Å². The molecule has 0 saturated carbocycles. The number of nitrogens with one attached hydrogen (secondary N) is 1. The fourth-order valence-corrected chi connectivity index (χ4v) is 6.64. The van der Waals surface area contributed by atoms with Gasteiger partial charge in [-0.15, -0.1) is 11.3 Å². The Morgan fingerprint density at radius 3 is 2.67 bits per heavy atom. The van der Waals surface area contributed by atoms with E-state index in [0.717, 1.165) is 6.26 Å². The minimum atomic E-state index is -3.67. The Labute approximate surface area is 252 Å². The van der Waals surface area contributed by atoms with Crippen molar-refractivity contribution in [1.82, 2.24) is 29.1 Å². The first-order valence-electron chi connectivity index (χ1n) is 12.6.